The predicted octanol–water partition coefficient (Wildman–Crippen LogP) is 7.56. The molecule has 0 bridgehead atoms. The Kier molecular flexibility index (Phi) is 8.33. The van der Waals surface area contributed by atoms with E-state index in [9.17, 15) is 9.59 Å². The number of rotatable bonds is 9. The van der Waals surface area contributed by atoms with E-state index in [1.807, 2.05) is 30.3 Å². The molecule has 7 rings (SSSR count). The number of ether oxygens (including phenoxy) is 1. The maximum Gasteiger partial charge on any atom is 0.250 e. The first-order valence-corrected chi connectivity index (χ1v) is 17.0. The second kappa shape index (κ2) is 12.5. The average molecular weight is 637 g/mol. The van der Waals surface area contributed by atoms with Crippen molar-refractivity contribution in [3.63, 3.8) is 0 Å². The number of hydrogen-bond donors (Lipinski definition) is 2. The quantitative estimate of drug-likeness (QED) is 0.199. The maximum absolute atomic E-state index is 15.1. The van der Waals surface area contributed by atoms with Crippen molar-refractivity contribution in [1.82, 2.24) is 9.88 Å². The van der Waals surface area contributed by atoms with Crippen molar-refractivity contribution in [1.29, 1.82) is 0 Å². The summed E-state index contributed by atoms with van der Waals surface area (Å²) in [6, 6.07) is 22.8. The van der Waals surface area contributed by atoms with Crippen LogP contribution in [0.25, 0.3) is 10.9 Å². The van der Waals surface area contributed by atoms with Gasteiger partial charge in [0.15, 0.2) is 0 Å². The predicted molar refractivity (Wildman–Crippen MR) is 184 cm³/mol. The highest BCUT2D eigenvalue weighted by atomic mass is 19.1. The van der Waals surface area contributed by atoms with E-state index in [1.165, 1.54) is 17.0 Å². The van der Waals surface area contributed by atoms with Crippen LogP contribution in [0.15, 0.2) is 72.8 Å². The molecule has 1 aromatic heterocycles. The van der Waals surface area contributed by atoms with Gasteiger partial charge in [-0.05, 0) is 79.0 Å². The smallest absolute Gasteiger partial charge is 0.250 e. The number of benzene rings is 3. The van der Waals surface area contributed by atoms with E-state index >= 15 is 4.39 Å². The lowest BCUT2D eigenvalue weighted by Gasteiger charge is -2.40. The summed E-state index contributed by atoms with van der Waals surface area (Å²) in [5, 5.41) is 4.36. The number of carbonyl (C=O) groups excluding carboxylic acids is 2. The molecule has 0 radical (unpaired) electrons. The Labute approximate surface area is 276 Å². The Balaban J connectivity index is 1.17. The van der Waals surface area contributed by atoms with E-state index < -0.39 is 5.54 Å². The Morgan fingerprint density at radius 1 is 0.979 bits per heavy atom. The molecule has 2 N–H and O–H groups in total. The molecule has 2 aliphatic carbocycles. The molecule has 7 nitrogen and oxygen atoms in total. The number of aryl methyl sites for hydroxylation is 1. The highest BCUT2D eigenvalue weighted by molar-refractivity contribution is 6.01. The molecule has 2 atom stereocenters. The van der Waals surface area contributed by atoms with Gasteiger partial charge in [0, 0.05) is 59.6 Å². The summed E-state index contributed by atoms with van der Waals surface area (Å²) in [5.41, 5.74) is 4.56. The molecule has 4 aromatic rings. The zero-order chi connectivity index (χ0) is 32.8. The summed E-state index contributed by atoms with van der Waals surface area (Å²) in [6.45, 7) is 9.70. The van der Waals surface area contributed by atoms with Crippen LogP contribution in [0, 0.1) is 24.1 Å². The Hall–Kier alpha value is -4.17. The van der Waals surface area contributed by atoms with Crippen LogP contribution in [0.2, 0.25) is 0 Å². The number of anilines is 2. The van der Waals surface area contributed by atoms with Gasteiger partial charge in [0.1, 0.15) is 11.4 Å². The fraction of sp³-hybridized carbons (Fsp3) is 0.436. The van der Waals surface area contributed by atoms with E-state index in [-0.39, 0.29) is 41.4 Å². The van der Waals surface area contributed by atoms with Crippen LogP contribution in [0.3, 0.4) is 0 Å². The van der Waals surface area contributed by atoms with Crippen molar-refractivity contribution in [2.24, 2.45) is 11.3 Å². The minimum atomic E-state index is -1.06. The average Bonchev–Trinajstić information content (AvgIpc) is 3.42. The second-order valence-corrected chi connectivity index (χ2v) is 14.2. The third kappa shape index (κ3) is 5.81. The van der Waals surface area contributed by atoms with Crippen LogP contribution in [-0.2, 0) is 20.9 Å². The van der Waals surface area contributed by atoms with Crippen LogP contribution in [-0.4, -0.2) is 53.5 Å². The highest BCUT2D eigenvalue weighted by Crippen LogP contribution is 2.67. The topological polar surface area (TPSA) is 77.7 Å². The lowest BCUT2D eigenvalue weighted by molar-refractivity contribution is -0.146. The lowest BCUT2D eigenvalue weighted by atomic mass is 9.91. The van der Waals surface area contributed by atoms with Crippen LogP contribution >= 0.6 is 0 Å². The van der Waals surface area contributed by atoms with Crippen molar-refractivity contribution in [2.45, 2.75) is 70.9 Å². The highest BCUT2D eigenvalue weighted by Gasteiger charge is 2.61. The zero-order valence-electron chi connectivity index (χ0n) is 27.7. The van der Waals surface area contributed by atoms with E-state index in [0.29, 0.717) is 43.7 Å². The van der Waals surface area contributed by atoms with Crippen molar-refractivity contribution < 1.29 is 18.7 Å². The number of aromatic amines is 1. The number of hydrogen-bond acceptors (Lipinski definition) is 4. The van der Waals surface area contributed by atoms with Crippen LogP contribution in [0.5, 0.6) is 0 Å². The number of fused-ring (bicyclic) bond motifs is 1. The summed E-state index contributed by atoms with van der Waals surface area (Å²) in [6.07, 6.45) is 3.05. The number of nitrogens with one attached hydrogen (secondary N) is 2. The molecule has 0 unspecified atom stereocenters. The number of aromatic nitrogens is 1. The monoisotopic (exact) mass is 636 g/mol. The number of nitrogens with zero attached hydrogens (tertiary/aromatic N) is 2. The minimum Gasteiger partial charge on any atom is -0.378 e. The number of carbonyl (C=O) groups is 2. The molecule has 246 valence electrons. The first-order valence-electron chi connectivity index (χ1n) is 17.0. The summed E-state index contributed by atoms with van der Waals surface area (Å²) >= 11 is 0. The van der Waals surface area contributed by atoms with Gasteiger partial charge in [-0.15, -0.1) is 0 Å². The van der Waals surface area contributed by atoms with Gasteiger partial charge in [-0.2, -0.15) is 0 Å². The Morgan fingerprint density at radius 3 is 2.38 bits per heavy atom. The number of morpholine rings is 1. The van der Waals surface area contributed by atoms with Gasteiger partial charge in [0.05, 0.1) is 13.2 Å². The standard InChI is InChI=1S/C39H45FN4O3/c1-26-35(30-11-5-7-13-33(30)41-26)36-31(38(36,2)3)24-34(45)44(25-27-10-4-6-12-32(27)40)39(18-8-9-19-39)37(46)42-28-14-16-29(17-15-28)43-20-22-47-23-21-43/h4-7,10-17,31,36,41H,8-9,18-25H2,1-3H3,(H,42,46)/t31-,36+/m1/s1. The molecule has 47 heavy (non-hydrogen) atoms. The summed E-state index contributed by atoms with van der Waals surface area (Å²) in [5.74, 6) is -0.345. The van der Waals surface area contributed by atoms with Gasteiger partial charge in [-0.3, -0.25) is 9.59 Å². The van der Waals surface area contributed by atoms with Gasteiger partial charge in [-0.25, -0.2) is 4.39 Å². The van der Waals surface area contributed by atoms with E-state index in [4.69, 9.17) is 4.74 Å². The molecule has 2 amide bonds. The van der Waals surface area contributed by atoms with Crippen molar-refractivity contribution in [2.75, 3.05) is 36.5 Å². The largest absolute Gasteiger partial charge is 0.378 e. The van der Waals surface area contributed by atoms with Crippen LogP contribution < -0.4 is 10.2 Å². The minimum absolute atomic E-state index is 0.0544. The molecular weight excluding hydrogens is 591 g/mol. The number of amides is 2. The SMILES string of the molecule is Cc1[nH]c2ccccc2c1[C@@H]1[C@@H](CC(=O)N(Cc2ccccc2F)C2(C(=O)Nc3ccc(N4CCOCC4)cc3)CCCC2)C1(C)C. The number of para-hydroxylation sites is 1. The summed E-state index contributed by atoms with van der Waals surface area (Å²) in [7, 11) is 0. The normalized spacial score (nSPS) is 21.5. The zero-order valence-corrected chi connectivity index (χ0v) is 27.7. The summed E-state index contributed by atoms with van der Waals surface area (Å²) < 4.78 is 20.6. The van der Waals surface area contributed by atoms with E-state index in [0.717, 1.165) is 42.8 Å². The number of halogens is 1. The molecule has 1 saturated heterocycles. The molecule has 0 spiro atoms. The van der Waals surface area contributed by atoms with E-state index in [2.05, 4.69) is 54.2 Å². The van der Waals surface area contributed by atoms with Gasteiger partial charge >= 0.3 is 0 Å². The van der Waals surface area contributed by atoms with E-state index in [1.54, 1.807) is 23.1 Å². The molecule has 3 fully saturated rings. The van der Waals surface area contributed by atoms with Crippen LogP contribution in [0.1, 0.15) is 68.7 Å². The fourth-order valence-electron chi connectivity index (χ4n) is 8.37. The molecule has 1 aliphatic heterocycles. The van der Waals surface area contributed by atoms with Gasteiger partial charge in [0.2, 0.25) is 11.8 Å². The van der Waals surface area contributed by atoms with Crippen molar-refractivity contribution >= 4 is 34.1 Å². The van der Waals surface area contributed by atoms with Gasteiger partial charge < -0.3 is 24.8 Å². The third-order valence-electron chi connectivity index (χ3n) is 11.2. The fourth-order valence-corrected chi connectivity index (χ4v) is 8.37. The lowest BCUT2D eigenvalue weighted by Crippen LogP contribution is -2.57. The Morgan fingerprint density at radius 2 is 1.66 bits per heavy atom. The Bertz CT molecular complexity index is 1770. The van der Waals surface area contributed by atoms with Crippen molar-refractivity contribution in [3.8, 4) is 0 Å². The molecule has 2 saturated carbocycles. The van der Waals surface area contributed by atoms with Gasteiger partial charge in [0.25, 0.3) is 0 Å². The second-order valence-electron chi connectivity index (χ2n) is 14.2. The van der Waals surface area contributed by atoms with Crippen LogP contribution in [0.4, 0.5) is 15.8 Å². The van der Waals surface area contributed by atoms with Crippen molar-refractivity contribution in [3.05, 3.63) is 95.4 Å². The first-order chi connectivity index (χ1) is 22.7. The molecule has 2 heterocycles. The first kappa shape index (κ1) is 31.4. The summed E-state index contributed by atoms with van der Waals surface area (Å²) in [4.78, 5) is 36.5. The van der Waals surface area contributed by atoms with Gasteiger partial charge in [-0.1, -0.05) is 63.1 Å². The molecular formula is C39H45FN4O3. The molecule has 3 aliphatic rings. The number of H-pyrrole nitrogens is 1. The molecule has 3 aromatic carbocycles. The molecule has 8 heteroatoms. The third-order valence-corrected chi connectivity index (χ3v) is 11.2. The maximum atomic E-state index is 15.1.